The Morgan fingerprint density at radius 1 is 0.293 bits per heavy atom. The lowest BCUT2D eigenvalue weighted by atomic mass is 10.0. The first-order valence-electron chi connectivity index (χ1n) is 38.8. The number of aliphatic hydroxyl groups excluding tert-OH is 2. The van der Waals surface area contributed by atoms with Crippen LogP contribution in [0, 0.1) is 0 Å². The number of allylic oxidation sites excluding steroid dienone is 20. The van der Waals surface area contributed by atoms with Crippen molar-refractivity contribution in [2.75, 3.05) is 39.6 Å². The Balaban J connectivity index is 4.45. The highest BCUT2D eigenvalue weighted by molar-refractivity contribution is 7.47. The van der Waals surface area contributed by atoms with Gasteiger partial charge in [-0.15, -0.1) is 0 Å². The number of esters is 3. The highest BCUT2D eigenvalue weighted by Gasteiger charge is 2.29. The fourth-order valence-corrected chi connectivity index (χ4v) is 11.8. The van der Waals surface area contributed by atoms with Gasteiger partial charge < -0.3 is 34.2 Å². The van der Waals surface area contributed by atoms with Crippen LogP contribution in [0.25, 0.3) is 0 Å². The molecule has 0 saturated carbocycles. The number of rotatable bonds is 73. The third kappa shape index (κ3) is 74.9. The van der Waals surface area contributed by atoms with Crippen LogP contribution in [0.4, 0.5) is 0 Å². The molecule has 0 radical (unpaired) electrons. The molecule has 0 saturated heterocycles. The monoisotopic (exact) mass is 1430 g/mol. The van der Waals surface area contributed by atoms with E-state index in [1.165, 1.54) is 96.3 Å². The Bertz CT molecular complexity index is 2290. The predicted molar refractivity (Wildman–Crippen MR) is 408 cm³/mol. The molecule has 5 atom stereocenters. The van der Waals surface area contributed by atoms with Gasteiger partial charge in [0.1, 0.15) is 25.4 Å². The van der Waals surface area contributed by atoms with Gasteiger partial charge in [-0.2, -0.15) is 0 Å². The number of hydrogen-bond acceptors (Lipinski definition) is 14. The standard InChI is InChI=1S/C81H140O16P2/c1-4-7-10-13-16-19-22-24-26-28-30-32-34-35-36-37-38-39-41-43-44-46-48-50-53-55-58-61-64-67-79(84)91-70-76(82)71-93-98(87,88)94-72-77(83)73-95-99(89,90)96-75-78(97-81(86)69-66-63-60-57-52-21-18-15-12-9-6-3)74-92-80(85)68-65-62-59-56-54-51-49-47-45-42-40-33-31-29-27-25-23-20-17-14-11-8-5-2/h7,10,15-20,24-27,30-33,35-36,42,45,76-78,82-83H,4-6,8-9,11-14,21-23,28-29,34,37-41,43-44,46-75H2,1-3H3,(H,87,88)(H,89,90)/b10-7-,18-15-,19-16-,20-17-,26-24-,27-25-,32-30-,33-31-,36-35-,45-42-. The third-order valence-electron chi connectivity index (χ3n) is 16.1. The van der Waals surface area contributed by atoms with Crippen LogP contribution < -0.4 is 0 Å². The first kappa shape index (κ1) is 94.9. The lowest BCUT2D eigenvalue weighted by Crippen LogP contribution is -2.30. The lowest BCUT2D eigenvalue weighted by molar-refractivity contribution is -0.161. The van der Waals surface area contributed by atoms with E-state index in [-0.39, 0.29) is 19.3 Å². The second kappa shape index (κ2) is 73.7. The van der Waals surface area contributed by atoms with Crippen molar-refractivity contribution >= 4 is 33.6 Å². The van der Waals surface area contributed by atoms with Crippen LogP contribution in [0.2, 0.25) is 0 Å². The van der Waals surface area contributed by atoms with Gasteiger partial charge in [-0.05, 0) is 128 Å². The molecule has 4 N–H and O–H groups in total. The molecular weight excluding hydrogens is 1290 g/mol. The van der Waals surface area contributed by atoms with E-state index in [1.807, 2.05) is 0 Å². The van der Waals surface area contributed by atoms with Gasteiger partial charge in [-0.25, -0.2) is 9.13 Å². The van der Waals surface area contributed by atoms with Crippen LogP contribution in [0.15, 0.2) is 122 Å². The Morgan fingerprint density at radius 2 is 0.545 bits per heavy atom. The third-order valence-corrected chi connectivity index (χ3v) is 18.0. The minimum atomic E-state index is -4.93. The molecule has 0 bridgehead atoms. The number of ether oxygens (including phenoxy) is 3. The number of unbranched alkanes of at least 4 members (excludes halogenated alkanes) is 30. The van der Waals surface area contributed by atoms with Crippen molar-refractivity contribution in [1.82, 2.24) is 0 Å². The van der Waals surface area contributed by atoms with E-state index in [1.54, 1.807) is 0 Å². The first-order chi connectivity index (χ1) is 48.2. The molecule has 0 aromatic rings. The topological polar surface area (TPSA) is 231 Å². The predicted octanol–water partition coefficient (Wildman–Crippen LogP) is 22.5. The number of carbonyl (C=O) groups excluding carboxylic acids is 3. The fourth-order valence-electron chi connectivity index (χ4n) is 10.2. The Hall–Kier alpha value is -4.05. The summed E-state index contributed by atoms with van der Waals surface area (Å²) in [7, 11) is -9.79. The molecule has 99 heavy (non-hydrogen) atoms. The molecule has 5 unspecified atom stereocenters. The molecule has 0 aromatic carbocycles. The van der Waals surface area contributed by atoms with Crippen molar-refractivity contribution in [3.05, 3.63) is 122 Å². The van der Waals surface area contributed by atoms with Gasteiger partial charge in [0.05, 0.1) is 26.4 Å². The largest absolute Gasteiger partial charge is 0.472 e. The van der Waals surface area contributed by atoms with E-state index in [0.29, 0.717) is 19.3 Å². The average molecular weight is 1430 g/mol. The summed E-state index contributed by atoms with van der Waals surface area (Å²) in [6.45, 7) is 2.48. The van der Waals surface area contributed by atoms with E-state index in [0.717, 1.165) is 161 Å². The van der Waals surface area contributed by atoms with Crippen LogP contribution in [0.5, 0.6) is 0 Å². The summed E-state index contributed by atoms with van der Waals surface area (Å²) in [6.07, 6.45) is 86.9. The summed E-state index contributed by atoms with van der Waals surface area (Å²) in [4.78, 5) is 58.5. The van der Waals surface area contributed by atoms with Gasteiger partial charge in [0.25, 0.3) is 0 Å². The highest BCUT2D eigenvalue weighted by Crippen LogP contribution is 2.45. The quantitative estimate of drug-likeness (QED) is 0.0146. The van der Waals surface area contributed by atoms with E-state index in [4.69, 9.17) is 32.3 Å². The highest BCUT2D eigenvalue weighted by atomic mass is 31.2. The normalized spacial score (nSPS) is 14.7. The smallest absolute Gasteiger partial charge is 0.463 e. The minimum Gasteiger partial charge on any atom is -0.463 e. The minimum absolute atomic E-state index is 0.0903. The fraction of sp³-hybridized carbons (Fsp3) is 0.716. The Labute approximate surface area is 602 Å². The van der Waals surface area contributed by atoms with Crippen LogP contribution in [0.3, 0.4) is 0 Å². The molecule has 0 spiro atoms. The summed E-state index contributed by atoms with van der Waals surface area (Å²) < 4.78 is 61.0. The molecule has 0 aromatic heterocycles. The molecule has 570 valence electrons. The maximum Gasteiger partial charge on any atom is 0.472 e. The van der Waals surface area contributed by atoms with Crippen LogP contribution in [-0.2, 0) is 55.8 Å². The van der Waals surface area contributed by atoms with Gasteiger partial charge in [0.15, 0.2) is 6.10 Å². The Morgan fingerprint density at radius 3 is 0.889 bits per heavy atom. The summed E-state index contributed by atoms with van der Waals surface area (Å²) >= 11 is 0. The van der Waals surface area contributed by atoms with Crippen LogP contribution >= 0.6 is 15.6 Å². The number of phosphoric acid groups is 2. The van der Waals surface area contributed by atoms with Gasteiger partial charge in [0.2, 0.25) is 0 Å². The second-order valence-corrected chi connectivity index (χ2v) is 28.7. The maximum atomic E-state index is 12.9. The molecule has 0 heterocycles. The van der Waals surface area contributed by atoms with E-state index < -0.39 is 91.5 Å². The molecule has 0 rings (SSSR count). The van der Waals surface area contributed by atoms with E-state index in [9.17, 15) is 43.5 Å². The number of carbonyl (C=O) groups is 3. The second-order valence-electron chi connectivity index (χ2n) is 25.8. The SMILES string of the molecule is CC/C=C\C/C=C\C/C=C\C/C=C\C/C=C\CCCCCCCCCCCCCCCC(=O)OCC(O)COP(=O)(O)OCC(O)COP(=O)(O)OCC(COC(=O)CCCCCCCCC/C=C\C/C=C\C/C=C\C/C=C\CCCCC)OC(=O)CCCCCCC/C=C\CCCC. The Kier molecular flexibility index (Phi) is 70.7. The van der Waals surface area contributed by atoms with Crippen molar-refractivity contribution in [1.29, 1.82) is 0 Å². The maximum absolute atomic E-state index is 12.9. The van der Waals surface area contributed by atoms with Crippen LogP contribution in [0.1, 0.15) is 316 Å². The van der Waals surface area contributed by atoms with Crippen molar-refractivity contribution < 1.29 is 75.8 Å². The van der Waals surface area contributed by atoms with Gasteiger partial charge in [0, 0.05) is 19.3 Å². The molecule has 18 heteroatoms. The zero-order chi connectivity index (χ0) is 72.3. The first-order valence-corrected chi connectivity index (χ1v) is 41.8. The average Bonchev–Trinajstić information content (AvgIpc) is 1.26. The zero-order valence-electron chi connectivity index (χ0n) is 62.1. The number of aliphatic hydroxyl groups is 2. The summed E-state index contributed by atoms with van der Waals surface area (Å²) in [6, 6.07) is 0. The molecule has 0 aliphatic heterocycles. The molecule has 0 aliphatic carbocycles. The summed E-state index contributed by atoms with van der Waals surface area (Å²) in [5, 5.41) is 20.6. The summed E-state index contributed by atoms with van der Waals surface area (Å²) in [5.74, 6) is -1.60. The molecule has 0 amide bonds. The molecule has 16 nitrogen and oxygen atoms in total. The molecule has 0 aliphatic rings. The van der Waals surface area contributed by atoms with Crippen LogP contribution in [-0.4, -0.2) is 95.9 Å². The number of phosphoric ester groups is 2. The van der Waals surface area contributed by atoms with Crippen molar-refractivity contribution in [2.24, 2.45) is 0 Å². The number of hydrogen-bond donors (Lipinski definition) is 4. The molecular formula is C81H140O16P2. The van der Waals surface area contributed by atoms with E-state index in [2.05, 4.69) is 142 Å². The van der Waals surface area contributed by atoms with E-state index >= 15 is 0 Å². The molecule has 0 fully saturated rings. The zero-order valence-corrected chi connectivity index (χ0v) is 63.9. The lowest BCUT2D eigenvalue weighted by Gasteiger charge is -2.21. The van der Waals surface area contributed by atoms with Gasteiger partial charge in [-0.3, -0.25) is 32.5 Å². The van der Waals surface area contributed by atoms with Crippen molar-refractivity contribution in [3.63, 3.8) is 0 Å². The summed E-state index contributed by atoms with van der Waals surface area (Å²) in [5.41, 5.74) is 0. The van der Waals surface area contributed by atoms with Gasteiger partial charge >= 0.3 is 33.6 Å². The van der Waals surface area contributed by atoms with Gasteiger partial charge in [-0.1, -0.05) is 290 Å². The van der Waals surface area contributed by atoms with Crippen molar-refractivity contribution in [3.8, 4) is 0 Å². The van der Waals surface area contributed by atoms with Crippen molar-refractivity contribution in [2.45, 2.75) is 334 Å².